The Balaban J connectivity index is 2.34. The van der Waals surface area contributed by atoms with E-state index in [2.05, 4.69) is 10.9 Å². The maximum atomic E-state index is 6.01. The van der Waals surface area contributed by atoms with E-state index >= 15 is 0 Å². The number of hydrogen-bond donors (Lipinski definition) is 1. The van der Waals surface area contributed by atoms with Crippen LogP contribution in [-0.2, 0) is 6.54 Å². The summed E-state index contributed by atoms with van der Waals surface area (Å²) < 4.78 is 1.76. The smallest absolute Gasteiger partial charge is 0.132 e. The molecule has 0 unspecified atom stereocenters. The van der Waals surface area contributed by atoms with Gasteiger partial charge in [-0.15, -0.1) is 6.42 Å². The van der Waals surface area contributed by atoms with Gasteiger partial charge in [-0.3, -0.25) is 0 Å². The number of nitrogen functional groups attached to an aromatic ring is 1. The number of anilines is 2. The fourth-order valence-electron chi connectivity index (χ4n) is 1.76. The monoisotopic (exact) mass is 240 g/mol. The highest BCUT2D eigenvalue weighted by molar-refractivity contribution is 5.72. The lowest BCUT2D eigenvalue weighted by molar-refractivity contribution is 0.852. The van der Waals surface area contributed by atoms with Gasteiger partial charge in [-0.1, -0.05) is 18.1 Å². The Labute approximate surface area is 107 Å². The van der Waals surface area contributed by atoms with Gasteiger partial charge in [-0.2, -0.15) is 0 Å². The molecule has 0 spiro atoms. The molecular weight excluding hydrogens is 224 g/mol. The van der Waals surface area contributed by atoms with Crippen molar-refractivity contribution in [3.05, 3.63) is 30.6 Å². The number of imidazole rings is 1. The number of terminal acetylenes is 1. The van der Waals surface area contributed by atoms with Gasteiger partial charge in [-0.25, -0.2) is 4.98 Å². The predicted octanol–water partition coefficient (Wildman–Crippen LogP) is 1.83. The second-order valence-electron chi connectivity index (χ2n) is 4.25. The number of rotatable bonds is 3. The molecule has 4 nitrogen and oxygen atoms in total. The van der Waals surface area contributed by atoms with Crippen molar-refractivity contribution in [1.82, 2.24) is 9.55 Å². The van der Waals surface area contributed by atoms with Gasteiger partial charge in [0.25, 0.3) is 0 Å². The molecule has 0 aliphatic heterocycles. The first-order valence-electron chi connectivity index (χ1n) is 5.65. The van der Waals surface area contributed by atoms with Crippen molar-refractivity contribution < 1.29 is 0 Å². The number of aromatic nitrogens is 2. The van der Waals surface area contributed by atoms with Crippen molar-refractivity contribution in [1.29, 1.82) is 0 Å². The van der Waals surface area contributed by atoms with Crippen LogP contribution < -0.4 is 10.6 Å². The lowest BCUT2D eigenvalue weighted by Crippen LogP contribution is -2.08. The van der Waals surface area contributed by atoms with Crippen LogP contribution in [0.4, 0.5) is 11.5 Å². The summed E-state index contributed by atoms with van der Waals surface area (Å²) >= 11 is 0. The van der Waals surface area contributed by atoms with E-state index in [0.29, 0.717) is 12.4 Å². The van der Waals surface area contributed by atoms with Crippen molar-refractivity contribution in [2.45, 2.75) is 6.54 Å². The molecule has 2 rings (SSSR count). The molecule has 0 bridgehead atoms. The van der Waals surface area contributed by atoms with Crippen LogP contribution in [0.3, 0.4) is 0 Å². The zero-order chi connectivity index (χ0) is 13.1. The van der Waals surface area contributed by atoms with E-state index in [1.807, 2.05) is 43.3 Å². The molecule has 2 N–H and O–H groups in total. The molecule has 92 valence electrons. The van der Waals surface area contributed by atoms with Crippen LogP contribution >= 0.6 is 0 Å². The van der Waals surface area contributed by atoms with Crippen LogP contribution in [0.5, 0.6) is 0 Å². The summed E-state index contributed by atoms with van der Waals surface area (Å²) in [6.45, 7) is 0.439. The van der Waals surface area contributed by atoms with E-state index in [1.165, 1.54) is 0 Å². The number of hydrogen-bond acceptors (Lipinski definition) is 3. The Morgan fingerprint density at radius 2 is 2.00 bits per heavy atom. The zero-order valence-corrected chi connectivity index (χ0v) is 10.6. The fourth-order valence-corrected chi connectivity index (χ4v) is 1.76. The quantitative estimate of drug-likeness (QED) is 0.833. The highest BCUT2D eigenvalue weighted by Crippen LogP contribution is 2.25. The van der Waals surface area contributed by atoms with Gasteiger partial charge in [0.2, 0.25) is 0 Å². The summed E-state index contributed by atoms with van der Waals surface area (Å²) in [6, 6.07) is 8.09. The van der Waals surface area contributed by atoms with Crippen molar-refractivity contribution >= 4 is 11.5 Å². The minimum absolute atomic E-state index is 0.439. The van der Waals surface area contributed by atoms with Crippen LogP contribution in [0.15, 0.2) is 30.6 Å². The molecular formula is C14H16N4. The molecule has 1 aromatic heterocycles. The number of nitrogens with two attached hydrogens (primary N) is 1. The highest BCUT2D eigenvalue weighted by Gasteiger charge is 2.09. The van der Waals surface area contributed by atoms with Gasteiger partial charge < -0.3 is 15.2 Å². The van der Waals surface area contributed by atoms with Gasteiger partial charge >= 0.3 is 0 Å². The number of benzene rings is 1. The Morgan fingerprint density at radius 1 is 1.33 bits per heavy atom. The molecule has 0 saturated heterocycles. The third kappa shape index (κ3) is 2.16. The standard InChI is InChI=1S/C14H16N4/c1-4-9-18-10-16-13(14(18)15)11-5-7-12(8-6-11)17(2)3/h1,5-8,10H,9,15H2,2-3H3. The van der Waals surface area contributed by atoms with E-state index in [4.69, 9.17) is 12.2 Å². The van der Waals surface area contributed by atoms with Gasteiger partial charge in [0.1, 0.15) is 11.5 Å². The maximum absolute atomic E-state index is 6.01. The van der Waals surface area contributed by atoms with E-state index in [1.54, 1.807) is 10.9 Å². The van der Waals surface area contributed by atoms with Crippen molar-refractivity contribution in [2.24, 2.45) is 0 Å². The minimum Gasteiger partial charge on any atom is -0.383 e. The van der Waals surface area contributed by atoms with Gasteiger partial charge in [0.05, 0.1) is 12.9 Å². The first kappa shape index (κ1) is 12.1. The number of nitrogens with zero attached hydrogens (tertiary/aromatic N) is 3. The lowest BCUT2D eigenvalue weighted by atomic mass is 10.1. The second-order valence-corrected chi connectivity index (χ2v) is 4.25. The average Bonchev–Trinajstić information content (AvgIpc) is 2.72. The second kappa shape index (κ2) is 4.84. The van der Waals surface area contributed by atoms with Gasteiger partial charge in [-0.05, 0) is 12.1 Å². The van der Waals surface area contributed by atoms with Gasteiger partial charge in [0, 0.05) is 25.3 Å². The normalized spacial score (nSPS) is 10.1. The first-order chi connectivity index (χ1) is 8.63. The molecule has 0 saturated carbocycles. The molecule has 1 heterocycles. The summed E-state index contributed by atoms with van der Waals surface area (Å²) in [6.07, 6.45) is 6.94. The van der Waals surface area contributed by atoms with E-state index in [9.17, 15) is 0 Å². The topological polar surface area (TPSA) is 47.1 Å². The zero-order valence-electron chi connectivity index (χ0n) is 10.6. The van der Waals surface area contributed by atoms with Crippen LogP contribution in [0, 0.1) is 12.3 Å². The Bertz CT molecular complexity index is 573. The van der Waals surface area contributed by atoms with E-state index < -0.39 is 0 Å². The van der Waals surface area contributed by atoms with Crippen molar-refractivity contribution in [3.8, 4) is 23.6 Å². The van der Waals surface area contributed by atoms with E-state index in [0.717, 1.165) is 16.9 Å². The fraction of sp³-hybridized carbons (Fsp3) is 0.214. The summed E-state index contributed by atoms with van der Waals surface area (Å²) in [5.41, 5.74) is 8.92. The lowest BCUT2D eigenvalue weighted by Gasteiger charge is -2.12. The molecule has 4 heteroatoms. The largest absolute Gasteiger partial charge is 0.383 e. The SMILES string of the molecule is C#CCn1cnc(-c2ccc(N(C)C)cc2)c1N. The van der Waals surface area contributed by atoms with E-state index in [-0.39, 0.29) is 0 Å². The van der Waals surface area contributed by atoms with Crippen LogP contribution in [0.2, 0.25) is 0 Å². The Morgan fingerprint density at radius 3 is 2.56 bits per heavy atom. The van der Waals surface area contributed by atoms with Crippen LogP contribution in [0.1, 0.15) is 0 Å². The summed E-state index contributed by atoms with van der Waals surface area (Å²) in [5.74, 6) is 3.15. The molecule has 1 aromatic carbocycles. The summed E-state index contributed by atoms with van der Waals surface area (Å²) in [5, 5.41) is 0. The molecule has 0 aliphatic rings. The minimum atomic E-state index is 0.439. The molecule has 2 aromatic rings. The molecule has 0 radical (unpaired) electrons. The maximum Gasteiger partial charge on any atom is 0.132 e. The highest BCUT2D eigenvalue weighted by atomic mass is 15.1. The summed E-state index contributed by atoms with van der Waals surface area (Å²) in [4.78, 5) is 6.35. The Kier molecular flexibility index (Phi) is 3.24. The third-order valence-corrected chi connectivity index (χ3v) is 2.80. The first-order valence-corrected chi connectivity index (χ1v) is 5.65. The van der Waals surface area contributed by atoms with Crippen molar-refractivity contribution in [3.63, 3.8) is 0 Å². The predicted molar refractivity (Wildman–Crippen MR) is 75.2 cm³/mol. The molecule has 0 atom stereocenters. The average molecular weight is 240 g/mol. The van der Waals surface area contributed by atoms with Crippen molar-refractivity contribution in [2.75, 3.05) is 24.7 Å². The Hall–Kier alpha value is -2.41. The third-order valence-electron chi connectivity index (χ3n) is 2.80. The molecule has 18 heavy (non-hydrogen) atoms. The molecule has 0 aliphatic carbocycles. The summed E-state index contributed by atoms with van der Waals surface area (Å²) in [7, 11) is 4.01. The van der Waals surface area contributed by atoms with Crippen LogP contribution in [0.25, 0.3) is 11.3 Å². The molecule has 0 fully saturated rings. The van der Waals surface area contributed by atoms with Gasteiger partial charge in [0.15, 0.2) is 0 Å². The van der Waals surface area contributed by atoms with Crippen LogP contribution in [-0.4, -0.2) is 23.6 Å². The molecule has 0 amide bonds.